The van der Waals surface area contributed by atoms with E-state index >= 15 is 0 Å². The topological polar surface area (TPSA) is 49.9 Å². The first kappa shape index (κ1) is 19.0. The van der Waals surface area contributed by atoms with E-state index in [-0.39, 0.29) is 11.8 Å². The van der Waals surface area contributed by atoms with Crippen LogP contribution >= 0.6 is 15.9 Å². The zero-order valence-electron chi connectivity index (χ0n) is 16.2. The molecule has 2 saturated heterocycles. The number of fused-ring (bicyclic) bond motifs is 1. The number of hydroxylamine groups is 1. The van der Waals surface area contributed by atoms with Crippen LogP contribution in [0.3, 0.4) is 0 Å². The van der Waals surface area contributed by atoms with Gasteiger partial charge >= 0.3 is 0 Å². The Kier molecular flexibility index (Phi) is 4.49. The molecule has 5 rings (SSSR count). The number of halogens is 1. The molecule has 2 amide bonds. The van der Waals surface area contributed by atoms with E-state index in [9.17, 15) is 9.59 Å². The molecule has 5 nitrogen and oxygen atoms in total. The minimum atomic E-state index is -1.07. The highest BCUT2D eigenvalue weighted by Gasteiger charge is 2.68. The van der Waals surface area contributed by atoms with E-state index in [1.54, 1.807) is 17.2 Å². The van der Waals surface area contributed by atoms with Gasteiger partial charge in [-0.2, -0.15) is 0 Å². The molecule has 2 heterocycles. The summed E-state index contributed by atoms with van der Waals surface area (Å²) in [5.74, 6) is -0.601. The molecule has 150 valence electrons. The number of anilines is 2. The Balaban J connectivity index is 1.63. The molecule has 0 N–H and O–H groups in total. The van der Waals surface area contributed by atoms with Crippen molar-refractivity contribution in [2.45, 2.75) is 19.1 Å². The summed E-state index contributed by atoms with van der Waals surface area (Å²) >= 11 is 3.40. The van der Waals surface area contributed by atoms with E-state index in [2.05, 4.69) is 15.9 Å². The predicted molar refractivity (Wildman–Crippen MR) is 118 cm³/mol. The molecule has 2 aliphatic heterocycles. The summed E-state index contributed by atoms with van der Waals surface area (Å²) in [6.45, 7) is 1.83. The number of hydrogen-bond donors (Lipinski definition) is 0. The Morgan fingerprint density at radius 1 is 0.833 bits per heavy atom. The number of carbonyl (C=O) groups excluding carboxylic acids is 2. The van der Waals surface area contributed by atoms with Gasteiger partial charge in [-0.25, -0.2) is 9.96 Å². The number of imide groups is 1. The fourth-order valence-corrected chi connectivity index (χ4v) is 4.66. The average molecular weight is 463 g/mol. The maximum atomic E-state index is 13.8. The highest BCUT2D eigenvalue weighted by atomic mass is 79.9. The van der Waals surface area contributed by atoms with Crippen LogP contribution in [-0.4, -0.2) is 17.9 Å². The highest BCUT2D eigenvalue weighted by Crippen LogP contribution is 2.55. The average Bonchev–Trinajstić information content (AvgIpc) is 3.19. The Labute approximate surface area is 183 Å². The maximum Gasteiger partial charge on any atom is 0.266 e. The first-order valence-corrected chi connectivity index (χ1v) is 10.5. The van der Waals surface area contributed by atoms with Crippen molar-refractivity contribution in [3.05, 3.63) is 95.0 Å². The van der Waals surface area contributed by atoms with E-state index in [4.69, 9.17) is 4.84 Å². The molecule has 0 aliphatic carbocycles. The third-order valence-corrected chi connectivity index (χ3v) is 6.41. The fraction of sp³-hybridized carbons (Fsp3) is 0.167. The number of nitrogens with zero attached hydrogens (tertiary/aromatic N) is 2. The van der Waals surface area contributed by atoms with Gasteiger partial charge in [-0.05, 0) is 48.9 Å². The van der Waals surface area contributed by atoms with Crippen molar-refractivity contribution in [3.63, 3.8) is 0 Å². The van der Waals surface area contributed by atoms with E-state index in [0.717, 1.165) is 15.7 Å². The molecule has 3 unspecified atom stereocenters. The van der Waals surface area contributed by atoms with Crippen LogP contribution in [0.15, 0.2) is 89.4 Å². The second-order valence-corrected chi connectivity index (χ2v) is 8.61. The van der Waals surface area contributed by atoms with Crippen molar-refractivity contribution in [1.82, 2.24) is 0 Å². The van der Waals surface area contributed by atoms with E-state index in [1.165, 1.54) is 4.90 Å². The number of rotatable bonds is 3. The normalized spacial score (nSPS) is 25.7. The number of carbonyl (C=O) groups is 2. The zero-order valence-corrected chi connectivity index (χ0v) is 17.8. The van der Waals surface area contributed by atoms with Gasteiger partial charge in [-0.3, -0.25) is 14.4 Å². The lowest BCUT2D eigenvalue weighted by Gasteiger charge is -2.32. The number of hydrogen-bond acceptors (Lipinski definition) is 4. The van der Waals surface area contributed by atoms with E-state index < -0.39 is 17.6 Å². The molecular weight excluding hydrogens is 444 g/mol. The molecule has 3 aromatic carbocycles. The van der Waals surface area contributed by atoms with E-state index in [1.807, 2.05) is 79.7 Å². The molecular formula is C24H19BrN2O3. The van der Waals surface area contributed by atoms with Gasteiger partial charge in [0.15, 0.2) is 6.10 Å². The third-order valence-electron chi connectivity index (χ3n) is 5.89. The van der Waals surface area contributed by atoms with Crippen molar-refractivity contribution in [3.8, 4) is 0 Å². The van der Waals surface area contributed by atoms with Crippen molar-refractivity contribution in [2.75, 3.05) is 9.96 Å². The summed E-state index contributed by atoms with van der Waals surface area (Å²) in [5.41, 5.74) is 1.20. The molecule has 30 heavy (non-hydrogen) atoms. The molecule has 0 spiro atoms. The molecule has 0 bridgehead atoms. The maximum absolute atomic E-state index is 13.8. The summed E-state index contributed by atoms with van der Waals surface area (Å²) < 4.78 is 0.880. The van der Waals surface area contributed by atoms with Gasteiger partial charge in [0, 0.05) is 4.47 Å². The van der Waals surface area contributed by atoms with Crippen molar-refractivity contribution < 1.29 is 14.4 Å². The first-order valence-electron chi connectivity index (χ1n) is 9.72. The molecule has 0 radical (unpaired) electrons. The summed E-state index contributed by atoms with van der Waals surface area (Å²) in [4.78, 5) is 34.6. The number of amides is 2. The SMILES string of the molecule is CC12C(=O)N(c3ccc(Br)cc3)C(=O)C1ON(c1ccccc1)C2c1ccccc1. The van der Waals surface area contributed by atoms with Crippen LogP contribution in [0.1, 0.15) is 18.5 Å². The van der Waals surface area contributed by atoms with Crippen LogP contribution in [0.5, 0.6) is 0 Å². The van der Waals surface area contributed by atoms with Crippen molar-refractivity contribution >= 4 is 39.1 Å². The molecule has 0 saturated carbocycles. The number of benzene rings is 3. The standard InChI is InChI=1S/C24H19BrN2O3/c1-24-20(16-8-4-2-5-9-16)27(19-10-6-3-7-11-19)30-21(24)22(28)26(23(24)29)18-14-12-17(25)13-15-18/h2-15,20-21H,1H3. The van der Waals surface area contributed by atoms with Crippen molar-refractivity contribution in [1.29, 1.82) is 0 Å². The van der Waals surface area contributed by atoms with Crippen LogP contribution in [0.4, 0.5) is 11.4 Å². The number of para-hydroxylation sites is 1. The van der Waals surface area contributed by atoms with Gasteiger partial charge in [0.2, 0.25) is 5.91 Å². The predicted octanol–water partition coefficient (Wildman–Crippen LogP) is 4.89. The summed E-state index contributed by atoms with van der Waals surface area (Å²) in [5, 5.41) is 1.72. The van der Waals surface area contributed by atoms with Crippen molar-refractivity contribution in [2.24, 2.45) is 5.41 Å². The minimum Gasteiger partial charge on any atom is -0.273 e. The molecule has 3 atom stereocenters. The Bertz CT molecular complexity index is 1100. The van der Waals surface area contributed by atoms with Gasteiger partial charge in [0.05, 0.1) is 17.4 Å². The minimum absolute atomic E-state index is 0.257. The first-order chi connectivity index (χ1) is 14.5. The molecule has 0 aromatic heterocycles. The molecule has 2 fully saturated rings. The van der Waals surface area contributed by atoms with Crippen LogP contribution < -0.4 is 9.96 Å². The van der Waals surface area contributed by atoms with Gasteiger partial charge in [0.25, 0.3) is 5.91 Å². The monoisotopic (exact) mass is 462 g/mol. The summed E-state index contributed by atoms with van der Waals surface area (Å²) in [6, 6.07) is 26.0. The lowest BCUT2D eigenvalue weighted by molar-refractivity contribution is -0.128. The van der Waals surface area contributed by atoms with Gasteiger partial charge < -0.3 is 0 Å². The second-order valence-electron chi connectivity index (χ2n) is 7.70. The summed E-state index contributed by atoms with van der Waals surface area (Å²) in [7, 11) is 0. The summed E-state index contributed by atoms with van der Waals surface area (Å²) in [6.07, 6.45) is -0.904. The van der Waals surface area contributed by atoms with Crippen LogP contribution in [0, 0.1) is 5.41 Å². The van der Waals surface area contributed by atoms with Gasteiger partial charge in [-0.1, -0.05) is 64.5 Å². The van der Waals surface area contributed by atoms with Gasteiger partial charge in [-0.15, -0.1) is 0 Å². The van der Waals surface area contributed by atoms with Crippen LogP contribution in [0.2, 0.25) is 0 Å². The zero-order chi connectivity index (χ0) is 20.9. The molecule has 3 aromatic rings. The smallest absolute Gasteiger partial charge is 0.266 e. The third kappa shape index (κ3) is 2.71. The second kappa shape index (κ2) is 7.07. The Hall–Kier alpha value is -2.96. The Morgan fingerprint density at radius 2 is 1.43 bits per heavy atom. The quantitative estimate of drug-likeness (QED) is 0.519. The molecule has 6 heteroatoms. The highest BCUT2D eigenvalue weighted by molar-refractivity contribution is 9.10. The van der Waals surface area contributed by atoms with Gasteiger partial charge in [0.1, 0.15) is 5.41 Å². The lowest BCUT2D eigenvalue weighted by Crippen LogP contribution is -2.41. The van der Waals surface area contributed by atoms with E-state index in [0.29, 0.717) is 5.69 Å². The largest absolute Gasteiger partial charge is 0.273 e. The van der Waals surface area contributed by atoms with Crippen LogP contribution in [0.25, 0.3) is 0 Å². The lowest BCUT2D eigenvalue weighted by atomic mass is 9.76. The fourth-order valence-electron chi connectivity index (χ4n) is 4.40. The molecule has 2 aliphatic rings. The Morgan fingerprint density at radius 3 is 2.07 bits per heavy atom. The van der Waals surface area contributed by atoms with Crippen LogP contribution in [-0.2, 0) is 14.4 Å².